The number of carbonyl (C=O) groups is 1. The van der Waals surface area contributed by atoms with Crippen LogP contribution in [0.1, 0.15) is 11.1 Å². The van der Waals surface area contributed by atoms with Crippen molar-refractivity contribution in [1.82, 2.24) is 0 Å². The predicted octanol–water partition coefficient (Wildman–Crippen LogP) is 4.36. The number of carbonyl (C=O) groups excluding carboxylic acids is 1. The van der Waals surface area contributed by atoms with Gasteiger partial charge in [0.2, 0.25) is 5.90 Å². The minimum atomic E-state index is -0.613. The quantitative estimate of drug-likeness (QED) is 0.543. The van der Waals surface area contributed by atoms with E-state index in [0.717, 1.165) is 0 Å². The Morgan fingerprint density at radius 3 is 2.33 bits per heavy atom. The number of esters is 1. The molecule has 0 fully saturated rings. The summed E-state index contributed by atoms with van der Waals surface area (Å²) < 4.78 is 21.2. The van der Waals surface area contributed by atoms with Gasteiger partial charge < -0.3 is 18.9 Å². The van der Waals surface area contributed by atoms with Crippen molar-refractivity contribution in [3.63, 3.8) is 0 Å². The minimum absolute atomic E-state index is 0.0817. The maximum atomic E-state index is 12.3. The van der Waals surface area contributed by atoms with Crippen LogP contribution in [0.2, 0.25) is 10.0 Å². The molecule has 8 heteroatoms. The normalized spacial score (nSPS) is 14.8. The zero-order valence-electron chi connectivity index (χ0n) is 14.7. The Morgan fingerprint density at radius 2 is 1.67 bits per heavy atom. The van der Waals surface area contributed by atoms with E-state index in [1.54, 1.807) is 30.3 Å². The van der Waals surface area contributed by atoms with Gasteiger partial charge in [0.15, 0.2) is 17.2 Å². The molecular formula is C19H15Cl2NO5. The molecule has 140 valence electrons. The molecule has 27 heavy (non-hydrogen) atoms. The molecule has 2 aromatic carbocycles. The number of nitrogens with zero attached hydrogens (tertiary/aromatic N) is 1. The molecule has 0 radical (unpaired) electrons. The topological polar surface area (TPSA) is 66.3 Å². The van der Waals surface area contributed by atoms with Gasteiger partial charge in [-0.3, -0.25) is 0 Å². The van der Waals surface area contributed by atoms with Gasteiger partial charge in [0.25, 0.3) is 0 Å². The van der Waals surface area contributed by atoms with Crippen molar-refractivity contribution in [2.75, 3.05) is 21.3 Å². The van der Waals surface area contributed by atoms with Gasteiger partial charge in [-0.1, -0.05) is 29.3 Å². The maximum absolute atomic E-state index is 12.3. The third kappa shape index (κ3) is 3.72. The van der Waals surface area contributed by atoms with E-state index in [4.69, 9.17) is 42.1 Å². The number of methoxy groups -OCH3 is 3. The van der Waals surface area contributed by atoms with Crippen LogP contribution >= 0.6 is 23.2 Å². The van der Waals surface area contributed by atoms with E-state index in [-0.39, 0.29) is 16.6 Å². The zero-order valence-corrected chi connectivity index (χ0v) is 16.2. The second-order valence-electron chi connectivity index (χ2n) is 5.39. The fraction of sp³-hybridized carbons (Fsp3) is 0.158. The Morgan fingerprint density at radius 1 is 1.00 bits per heavy atom. The molecule has 0 spiro atoms. The molecule has 1 aliphatic rings. The highest BCUT2D eigenvalue weighted by molar-refractivity contribution is 6.44. The van der Waals surface area contributed by atoms with Crippen molar-refractivity contribution in [2.24, 2.45) is 4.99 Å². The first-order valence-corrected chi connectivity index (χ1v) is 8.51. The standard InChI is InChI=1S/C19H15Cl2NO5/c1-24-14-9-16(26-3)15(25-2)8-10(14)7-13-19(23)27-18(22-13)11-5-4-6-12(20)17(11)21/h4-9H,1-3H3. The molecule has 3 rings (SSSR count). The fourth-order valence-corrected chi connectivity index (χ4v) is 2.89. The third-order valence-electron chi connectivity index (χ3n) is 3.83. The molecule has 0 unspecified atom stereocenters. The maximum Gasteiger partial charge on any atom is 0.363 e. The second kappa shape index (κ2) is 7.90. The lowest BCUT2D eigenvalue weighted by molar-refractivity contribution is -0.129. The van der Waals surface area contributed by atoms with E-state index in [0.29, 0.717) is 33.4 Å². The lowest BCUT2D eigenvalue weighted by Gasteiger charge is -2.12. The number of cyclic esters (lactones) is 1. The highest BCUT2D eigenvalue weighted by atomic mass is 35.5. The van der Waals surface area contributed by atoms with Crippen LogP contribution in [0.5, 0.6) is 17.2 Å². The van der Waals surface area contributed by atoms with Gasteiger partial charge in [0.1, 0.15) is 5.75 Å². The summed E-state index contributed by atoms with van der Waals surface area (Å²) in [6.07, 6.45) is 1.54. The Labute approximate surface area is 165 Å². The molecule has 1 heterocycles. The summed E-state index contributed by atoms with van der Waals surface area (Å²) in [5.41, 5.74) is 1.09. The van der Waals surface area contributed by atoms with E-state index in [1.165, 1.54) is 27.4 Å². The molecule has 0 saturated heterocycles. The summed E-state index contributed by atoms with van der Waals surface area (Å²) in [6.45, 7) is 0. The average molecular weight is 408 g/mol. The first kappa shape index (κ1) is 19.1. The van der Waals surface area contributed by atoms with Crippen molar-refractivity contribution in [3.8, 4) is 17.2 Å². The number of hydrogen-bond acceptors (Lipinski definition) is 6. The number of rotatable bonds is 5. The highest BCUT2D eigenvalue weighted by Gasteiger charge is 2.27. The van der Waals surface area contributed by atoms with E-state index >= 15 is 0 Å². The summed E-state index contributed by atoms with van der Waals surface area (Å²) in [7, 11) is 4.55. The van der Waals surface area contributed by atoms with Crippen LogP contribution in [0.4, 0.5) is 0 Å². The van der Waals surface area contributed by atoms with E-state index in [9.17, 15) is 4.79 Å². The van der Waals surface area contributed by atoms with Crippen LogP contribution in [0.15, 0.2) is 41.0 Å². The van der Waals surface area contributed by atoms with Crippen molar-refractivity contribution in [1.29, 1.82) is 0 Å². The fourth-order valence-electron chi connectivity index (χ4n) is 2.51. The van der Waals surface area contributed by atoms with Crippen LogP contribution in [0.25, 0.3) is 6.08 Å². The Bertz CT molecular complexity index is 969. The molecule has 0 N–H and O–H groups in total. The smallest absolute Gasteiger partial charge is 0.363 e. The number of halogens is 2. The van der Waals surface area contributed by atoms with Crippen molar-refractivity contribution < 1.29 is 23.7 Å². The molecule has 0 aromatic heterocycles. The molecule has 0 bridgehead atoms. The number of benzene rings is 2. The first-order chi connectivity index (χ1) is 13.0. The molecule has 0 atom stereocenters. The predicted molar refractivity (Wildman–Crippen MR) is 103 cm³/mol. The molecule has 6 nitrogen and oxygen atoms in total. The SMILES string of the molecule is COc1cc(OC)c(OC)cc1C=C1N=C(c2cccc(Cl)c2Cl)OC1=O. The summed E-state index contributed by atoms with van der Waals surface area (Å²) in [4.78, 5) is 16.5. The monoisotopic (exact) mass is 407 g/mol. The molecule has 2 aromatic rings. The van der Waals surface area contributed by atoms with Gasteiger partial charge >= 0.3 is 5.97 Å². The Kier molecular flexibility index (Phi) is 5.58. The molecule has 0 aliphatic carbocycles. The summed E-state index contributed by atoms with van der Waals surface area (Å²) >= 11 is 12.2. The lowest BCUT2D eigenvalue weighted by Crippen LogP contribution is -2.06. The molecule has 0 saturated carbocycles. The molecule has 0 amide bonds. The Balaban J connectivity index is 2.06. The van der Waals surface area contributed by atoms with Gasteiger partial charge in [-0.2, -0.15) is 0 Å². The van der Waals surface area contributed by atoms with Crippen molar-refractivity contribution in [2.45, 2.75) is 0 Å². The van der Waals surface area contributed by atoms with Crippen molar-refractivity contribution >= 4 is 41.1 Å². The number of ether oxygens (including phenoxy) is 4. The van der Waals surface area contributed by atoms with Crippen molar-refractivity contribution in [3.05, 3.63) is 57.2 Å². The van der Waals surface area contributed by atoms with Gasteiger partial charge in [-0.15, -0.1) is 0 Å². The zero-order chi connectivity index (χ0) is 19.6. The van der Waals surface area contributed by atoms with Crippen LogP contribution in [-0.2, 0) is 9.53 Å². The minimum Gasteiger partial charge on any atom is -0.496 e. The molecular weight excluding hydrogens is 393 g/mol. The number of hydrogen-bond donors (Lipinski definition) is 0. The van der Waals surface area contributed by atoms with E-state index in [1.807, 2.05) is 0 Å². The summed E-state index contributed by atoms with van der Waals surface area (Å²) in [6, 6.07) is 8.33. The summed E-state index contributed by atoms with van der Waals surface area (Å²) in [5.74, 6) is 0.937. The van der Waals surface area contributed by atoms with E-state index in [2.05, 4.69) is 4.99 Å². The van der Waals surface area contributed by atoms with E-state index < -0.39 is 5.97 Å². The largest absolute Gasteiger partial charge is 0.496 e. The third-order valence-corrected chi connectivity index (χ3v) is 4.65. The van der Waals surface area contributed by atoms with Gasteiger partial charge in [-0.25, -0.2) is 9.79 Å². The Hall–Kier alpha value is -2.70. The second-order valence-corrected chi connectivity index (χ2v) is 6.17. The highest BCUT2D eigenvalue weighted by Crippen LogP contribution is 2.36. The molecule has 1 aliphatic heterocycles. The number of aliphatic imine (C=N–C) groups is 1. The van der Waals surface area contributed by atoms with Gasteiger partial charge in [0, 0.05) is 11.6 Å². The van der Waals surface area contributed by atoms with Gasteiger partial charge in [-0.05, 0) is 24.3 Å². The van der Waals surface area contributed by atoms with Crippen LogP contribution < -0.4 is 14.2 Å². The van der Waals surface area contributed by atoms with Crippen LogP contribution in [0.3, 0.4) is 0 Å². The van der Waals surface area contributed by atoms with Gasteiger partial charge in [0.05, 0.1) is 36.9 Å². The van der Waals surface area contributed by atoms with Crippen LogP contribution in [0, 0.1) is 0 Å². The lowest BCUT2D eigenvalue weighted by atomic mass is 10.1. The van der Waals surface area contributed by atoms with Crippen LogP contribution in [-0.4, -0.2) is 33.2 Å². The average Bonchev–Trinajstić information content (AvgIpc) is 3.03. The summed E-state index contributed by atoms with van der Waals surface area (Å²) in [5, 5.41) is 0.600. The first-order valence-electron chi connectivity index (χ1n) is 7.75.